The lowest BCUT2D eigenvalue weighted by Gasteiger charge is -2.04. The fraction of sp³-hybridized carbons (Fsp3) is 0.0625. The van der Waals surface area contributed by atoms with E-state index in [1.165, 1.54) is 6.21 Å². The maximum atomic E-state index is 12.0. The van der Waals surface area contributed by atoms with Crippen molar-refractivity contribution in [3.8, 4) is 5.75 Å². The van der Waals surface area contributed by atoms with Crippen LogP contribution in [0.3, 0.4) is 0 Å². The summed E-state index contributed by atoms with van der Waals surface area (Å²) in [5.41, 5.74) is 3.57. The van der Waals surface area contributed by atoms with Crippen molar-refractivity contribution < 1.29 is 19.4 Å². The van der Waals surface area contributed by atoms with Crippen LogP contribution in [0.2, 0.25) is 0 Å². The number of carboxylic acid groups (broad SMARTS) is 1. The number of halogens is 1. The molecule has 0 aromatic heterocycles. The first kappa shape index (κ1) is 16.7. The molecule has 0 saturated heterocycles. The van der Waals surface area contributed by atoms with E-state index in [1.807, 2.05) is 6.07 Å². The van der Waals surface area contributed by atoms with Gasteiger partial charge in [-0.15, -0.1) is 0 Å². The lowest BCUT2D eigenvalue weighted by atomic mass is 10.2. The van der Waals surface area contributed by atoms with Gasteiger partial charge in [-0.2, -0.15) is 5.10 Å². The molecule has 7 heteroatoms. The normalized spacial score (nSPS) is 10.5. The average Bonchev–Trinajstić information content (AvgIpc) is 2.53. The molecule has 6 nitrogen and oxygen atoms in total. The molecule has 1 amide bonds. The Morgan fingerprint density at radius 2 is 2.00 bits per heavy atom. The van der Waals surface area contributed by atoms with E-state index >= 15 is 0 Å². The first-order valence-corrected chi connectivity index (χ1v) is 7.38. The van der Waals surface area contributed by atoms with E-state index in [1.54, 1.807) is 42.5 Å². The number of carboxylic acids is 1. The highest BCUT2D eigenvalue weighted by Gasteiger charge is 2.07. The molecule has 0 aliphatic heterocycles. The lowest BCUT2D eigenvalue weighted by molar-refractivity contribution is -0.139. The Bertz CT molecular complexity index is 746. The number of aliphatic carboxylic acids is 1. The Labute approximate surface area is 140 Å². The third-order valence-electron chi connectivity index (χ3n) is 2.72. The van der Waals surface area contributed by atoms with Crippen LogP contribution in [0.1, 0.15) is 15.9 Å². The van der Waals surface area contributed by atoms with Crippen LogP contribution in [0.25, 0.3) is 0 Å². The monoisotopic (exact) mass is 376 g/mol. The van der Waals surface area contributed by atoms with Gasteiger partial charge in [0.2, 0.25) is 0 Å². The highest BCUT2D eigenvalue weighted by Crippen LogP contribution is 2.15. The fourth-order valence-electron chi connectivity index (χ4n) is 1.70. The Morgan fingerprint density at radius 3 is 2.74 bits per heavy atom. The molecule has 0 bridgehead atoms. The number of carbonyl (C=O) groups is 2. The molecule has 2 aromatic carbocycles. The molecule has 0 aliphatic carbocycles. The van der Waals surface area contributed by atoms with Gasteiger partial charge in [-0.05, 0) is 45.8 Å². The molecule has 0 unspecified atom stereocenters. The number of hydrogen-bond acceptors (Lipinski definition) is 4. The Hall–Kier alpha value is -2.67. The summed E-state index contributed by atoms with van der Waals surface area (Å²) < 4.78 is 5.74. The van der Waals surface area contributed by atoms with Crippen molar-refractivity contribution >= 4 is 34.0 Å². The average molecular weight is 377 g/mol. The van der Waals surface area contributed by atoms with Gasteiger partial charge in [0.1, 0.15) is 5.75 Å². The van der Waals surface area contributed by atoms with E-state index in [-0.39, 0.29) is 5.91 Å². The number of carbonyl (C=O) groups excluding carboxylic acids is 1. The number of rotatable bonds is 6. The van der Waals surface area contributed by atoms with Crippen LogP contribution in [-0.2, 0) is 4.79 Å². The number of nitrogens with one attached hydrogen (secondary N) is 1. The highest BCUT2D eigenvalue weighted by molar-refractivity contribution is 9.10. The summed E-state index contributed by atoms with van der Waals surface area (Å²) in [6.07, 6.45) is 1.45. The van der Waals surface area contributed by atoms with Crippen molar-refractivity contribution in [3.05, 3.63) is 64.1 Å². The minimum atomic E-state index is -1.05. The van der Waals surface area contributed by atoms with Crippen molar-refractivity contribution in [2.45, 2.75) is 0 Å². The number of amides is 1. The van der Waals surface area contributed by atoms with E-state index < -0.39 is 12.6 Å². The van der Waals surface area contributed by atoms with Crippen LogP contribution in [0, 0.1) is 0 Å². The van der Waals surface area contributed by atoms with Crippen LogP contribution in [0.5, 0.6) is 5.75 Å². The summed E-state index contributed by atoms with van der Waals surface area (Å²) >= 11 is 3.29. The highest BCUT2D eigenvalue weighted by atomic mass is 79.9. The predicted molar refractivity (Wildman–Crippen MR) is 88.8 cm³/mol. The van der Waals surface area contributed by atoms with Gasteiger partial charge in [-0.25, -0.2) is 10.2 Å². The predicted octanol–water partition coefficient (Wildman–Crippen LogP) is 2.68. The summed E-state index contributed by atoms with van der Waals surface area (Å²) in [5, 5.41) is 12.5. The fourth-order valence-corrected chi connectivity index (χ4v) is 2.17. The minimum Gasteiger partial charge on any atom is -0.482 e. The van der Waals surface area contributed by atoms with Crippen LogP contribution >= 0.6 is 15.9 Å². The molecule has 0 spiro atoms. The molecular formula is C16H13BrN2O4. The number of hydrogen-bond donors (Lipinski definition) is 2. The number of ether oxygens (including phenoxy) is 1. The van der Waals surface area contributed by atoms with Crippen LogP contribution in [-0.4, -0.2) is 29.8 Å². The van der Waals surface area contributed by atoms with Gasteiger partial charge < -0.3 is 9.84 Å². The second kappa shape index (κ2) is 8.09. The summed E-state index contributed by atoms with van der Waals surface area (Å²) in [7, 11) is 0. The Balaban J connectivity index is 1.98. The second-order valence-electron chi connectivity index (χ2n) is 4.43. The third-order valence-corrected chi connectivity index (χ3v) is 3.41. The van der Waals surface area contributed by atoms with Gasteiger partial charge in [0.15, 0.2) is 6.61 Å². The molecule has 2 rings (SSSR count). The van der Waals surface area contributed by atoms with Crippen LogP contribution < -0.4 is 10.2 Å². The molecule has 23 heavy (non-hydrogen) atoms. The van der Waals surface area contributed by atoms with E-state index in [9.17, 15) is 9.59 Å². The number of hydrazone groups is 1. The molecular weight excluding hydrogens is 364 g/mol. The van der Waals surface area contributed by atoms with Gasteiger partial charge in [0, 0.05) is 4.47 Å². The Kier molecular flexibility index (Phi) is 5.87. The Morgan fingerprint density at radius 1 is 1.22 bits per heavy atom. The standard InChI is InChI=1S/C16H13BrN2O4/c17-14-7-2-1-6-13(14)16(22)19-18-9-11-4-3-5-12(8-11)23-10-15(20)21/h1-9H,10H2,(H,19,22)(H,20,21). The molecule has 2 aromatic rings. The van der Waals surface area contributed by atoms with Gasteiger partial charge in [-0.1, -0.05) is 24.3 Å². The maximum Gasteiger partial charge on any atom is 0.341 e. The first-order chi connectivity index (χ1) is 11.1. The molecule has 0 atom stereocenters. The van der Waals surface area contributed by atoms with Crippen LogP contribution in [0.4, 0.5) is 0 Å². The number of benzene rings is 2. The van der Waals surface area contributed by atoms with E-state index in [2.05, 4.69) is 26.5 Å². The van der Waals surface area contributed by atoms with Gasteiger partial charge in [0.05, 0.1) is 11.8 Å². The molecule has 118 valence electrons. The quantitative estimate of drug-likeness (QED) is 0.599. The smallest absolute Gasteiger partial charge is 0.341 e. The maximum absolute atomic E-state index is 12.0. The van der Waals surface area contributed by atoms with Crippen molar-refractivity contribution in [2.24, 2.45) is 5.10 Å². The molecule has 2 N–H and O–H groups in total. The van der Waals surface area contributed by atoms with Gasteiger partial charge in [0.25, 0.3) is 5.91 Å². The van der Waals surface area contributed by atoms with Crippen molar-refractivity contribution in [1.82, 2.24) is 5.43 Å². The lowest BCUT2D eigenvalue weighted by Crippen LogP contribution is -2.18. The van der Waals surface area contributed by atoms with Crippen molar-refractivity contribution in [3.63, 3.8) is 0 Å². The SMILES string of the molecule is O=C(O)COc1cccc(C=NNC(=O)c2ccccc2Br)c1. The molecule has 0 radical (unpaired) electrons. The first-order valence-electron chi connectivity index (χ1n) is 6.59. The summed E-state index contributed by atoms with van der Waals surface area (Å²) in [5.74, 6) is -0.981. The zero-order valence-corrected chi connectivity index (χ0v) is 13.5. The largest absolute Gasteiger partial charge is 0.482 e. The number of nitrogens with zero attached hydrogens (tertiary/aromatic N) is 1. The molecule has 0 heterocycles. The minimum absolute atomic E-state index is 0.341. The summed E-state index contributed by atoms with van der Waals surface area (Å²) in [6.45, 7) is -0.417. The third kappa shape index (κ3) is 5.23. The van der Waals surface area contributed by atoms with Gasteiger partial charge >= 0.3 is 5.97 Å². The van der Waals surface area contributed by atoms with Crippen molar-refractivity contribution in [2.75, 3.05) is 6.61 Å². The van der Waals surface area contributed by atoms with E-state index in [4.69, 9.17) is 9.84 Å². The van der Waals surface area contributed by atoms with Crippen LogP contribution in [0.15, 0.2) is 58.1 Å². The molecule has 0 saturated carbocycles. The van der Waals surface area contributed by atoms with Crippen molar-refractivity contribution in [1.29, 1.82) is 0 Å². The summed E-state index contributed by atoms with van der Waals surface area (Å²) in [6, 6.07) is 13.7. The molecule has 0 aliphatic rings. The van der Waals surface area contributed by atoms with Gasteiger partial charge in [-0.3, -0.25) is 4.79 Å². The zero-order valence-electron chi connectivity index (χ0n) is 11.9. The van der Waals surface area contributed by atoms with E-state index in [0.29, 0.717) is 21.3 Å². The summed E-state index contributed by atoms with van der Waals surface area (Å²) in [4.78, 5) is 22.4. The molecule has 0 fully saturated rings. The van der Waals surface area contributed by atoms with E-state index in [0.717, 1.165) is 0 Å². The zero-order chi connectivity index (χ0) is 16.7. The topological polar surface area (TPSA) is 88.0 Å². The second-order valence-corrected chi connectivity index (χ2v) is 5.29.